The Labute approximate surface area is 155 Å². The summed E-state index contributed by atoms with van der Waals surface area (Å²) < 4.78 is 27.6. The van der Waals surface area contributed by atoms with Gasteiger partial charge in [0, 0.05) is 36.8 Å². The molecule has 0 unspecified atom stereocenters. The minimum Gasteiger partial charge on any atom is -0.335 e. The Morgan fingerprint density at radius 1 is 0.885 bits per heavy atom. The van der Waals surface area contributed by atoms with Crippen LogP contribution in [-0.4, -0.2) is 47.8 Å². The van der Waals surface area contributed by atoms with E-state index >= 15 is 0 Å². The average molecular weight is 379 g/mol. The lowest BCUT2D eigenvalue weighted by molar-refractivity contribution is 0.0532. The Hall–Kier alpha value is -2.47. The summed E-state index contributed by atoms with van der Waals surface area (Å²) in [5.41, 5.74) is 0.702. The van der Waals surface area contributed by atoms with Crippen molar-refractivity contribution in [2.24, 2.45) is 0 Å². The number of rotatable bonds is 2. The summed E-state index contributed by atoms with van der Waals surface area (Å²) in [5.74, 6) is -1.82. The van der Waals surface area contributed by atoms with Gasteiger partial charge < -0.3 is 9.80 Å². The van der Waals surface area contributed by atoms with Crippen molar-refractivity contribution in [2.45, 2.75) is 6.92 Å². The van der Waals surface area contributed by atoms with Gasteiger partial charge in [0.1, 0.15) is 11.6 Å². The number of hydrogen-bond donors (Lipinski definition) is 0. The lowest BCUT2D eigenvalue weighted by atomic mass is 10.1. The Kier molecular flexibility index (Phi) is 5.23. The first kappa shape index (κ1) is 18.3. The molecule has 0 radical (unpaired) electrons. The minimum atomic E-state index is -0.670. The van der Waals surface area contributed by atoms with Gasteiger partial charge in [0.2, 0.25) is 0 Å². The Balaban J connectivity index is 1.66. The highest BCUT2D eigenvalue weighted by Crippen LogP contribution is 2.18. The highest BCUT2D eigenvalue weighted by molar-refractivity contribution is 6.30. The van der Waals surface area contributed by atoms with Crippen molar-refractivity contribution in [3.05, 3.63) is 69.7 Å². The molecule has 136 valence electrons. The highest BCUT2D eigenvalue weighted by Gasteiger charge is 2.27. The number of piperazine rings is 1. The molecule has 3 rings (SSSR count). The zero-order valence-electron chi connectivity index (χ0n) is 14.1. The van der Waals surface area contributed by atoms with E-state index < -0.39 is 17.5 Å². The number of benzene rings is 2. The fraction of sp³-hybridized carbons (Fsp3) is 0.263. The largest absolute Gasteiger partial charge is 0.335 e. The molecule has 2 aromatic carbocycles. The van der Waals surface area contributed by atoms with Crippen LogP contribution in [0, 0.1) is 18.6 Å². The van der Waals surface area contributed by atoms with Crippen molar-refractivity contribution < 1.29 is 18.4 Å². The maximum absolute atomic E-state index is 13.9. The van der Waals surface area contributed by atoms with Gasteiger partial charge in [0.05, 0.1) is 5.56 Å². The van der Waals surface area contributed by atoms with Crippen molar-refractivity contribution >= 4 is 23.4 Å². The first-order chi connectivity index (χ1) is 12.4. The molecule has 26 heavy (non-hydrogen) atoms. The predicted molar refractivity (Wildman–Crippen MR) is 94.4 cm³/mol. The summed E-state index contributed by atoms with van der Waals surface area (Å²) in [7, 11) is 0. The molecule has 0 spiro atoms. The molecule has 1 aliphatic heterocycles. The number of carbonyl (C=O) groups excluding carboxylic acids is 2. The van der Waals surface area contributed by atoms with Crippen molar-refractivity contribution in [3.63, 3.8) is 0 Å². The first-order valence-electron chi connectivity index (χ1n) is 8.16. The van der Waals surface area contributed by atoms with E-state index in [9.17, 15) is 18.4 Å². The van der Waals surface area contributed by atoms with Crippen LogP contribution in [0.25, 0.3) is 0 Å². The summed E-state index contributed by atoms with van der Waals surface area (Å²) in [6.45, 7) is 2.79. The highest BCUT2D eigenvalue weighted by atomic mass is 35.5. The number of carbonyl (C=O) groups is 2. The average Bonchev–Trinajstić information content (AvgIpc) is 2.63. The number of aryl methyl sites for hydroxylation is 1. The Morgan fingerprint density at radius 3 is 2.08 bits per heavy atom. The molecular formula is C19H17ClF2N2O2. The second-order valence-electron chi connectivity index (χ2n) is 6.17. The molecule has 1 fully saturated rings. The topological polar surface area (TPSA) is 40.6 Å². The Bertz CT molecular complexity index is 865. The van der Waals surface area contributed by atoms with E-state index in [0.717, 1.165) is 6.07 Å². The molecular weight excluding hydrogens is 362 g/mol. The summed E-state index contributed by atoms with van der Waals surface area (Å²) in [6, 6.07) is 8.28. The summed E-state index contributed by atoms with van der Waals surface area (Å²) in [4.78, 5) is 28.0. The van der Waals surface area contributed by atoms with E-state index in [1.165, 1.54) is 23.1 Å². The van der Waals surface area contributed by atoms with Crippen molar-refractivity contribution in [2.75, 3.05) is 26.2 Å². The van der Waals surface area contributed by atoms with E-state index in [1.54, 1.807) is 24.0 Å². The lowest BCUT2D eigenvalue weighted by Gasteiger charge is -2.35. The van der Waals surface area contributed by atoms with E-state index in [2.05, 4.69) is 0 Å². The van der Waals surface area contributed by atoms with Crippen LogP contribution in [0.2, 0.25) is 5.02 Å². The van der Waals surface area contributed by atoms with Gasteiger partial charge in [-0.15, -0.1) is 0 Å². The van der Waals surface area contributed by atoms with Gasteiger partial charge in [-0.25, -0.2) is 8.78 Å². The minimum absolute atomic E-state index is 0.0465. The van der Waals surface area contributed by atoms with Crippen LogP contribution in [0.3, 0.4) is 0 Å². The van der Waals surface area contributed by atoms with Crippen molar-refractivity contribution in [1.82, 2.24) is 9.80 Å². The number of amides is 2. The predicted octanol–water partition coefficient (Wildman–Crippen LogP) is 3.52. The molecule has 7 heteroatoms. The van der Waals surface area contributed by atoms with Crippen LogP contribution in [-0.2, 0) is 0 Å². The van der Waals surface area contributed by atoms with E-state index in [4.69, 9.17) is 11.6 Å². The van der Waals surface area contributed by atoms with Gasteiger partial charge in [-0.05, 0) is 42.8 Å². The molecule has 4 nitrogen and oxygen atoms in total. The van der Waals surface area contributed by atoms with Crippen LogP contribution in [0.1, 0.15) is 26.3 Å². The number of nitrogens with zero attached hydrogens (tertiary/aromatic N) is 2. The monoisotopic (exact) mass is 378 g/mol. The summed E-state index contributed by atoms with van der Waals surface area (Å²) in [6.07, 6.45) is 0. The zero-order valence-corrected chi connectivity index (χ0v) is 14.9. The lowest BCUT2D eigenvalue weighted by Crippen LogP contribution is -2.50. The first-order valence-corrected chi connectivity index (χ1v) is 8.54. The number of halogens is 3. The molecule has 0 N–H and O–H groups in total. The quantitative estimate of drug-likeness (QED) is 0.802. The molecule has 1 saturated heterocycles. The maximum Gasteiger partial charge on any atom is 0.256 e. The van der Waals surface area contributed by atoms with Gasteiger partial charge in [0.15, 0.2) is 0 Å². The van der Waals surface area contributed by atoms with E-state index in [0.29, 0.717) is 18.7 Å². The van der Waals surface area contributed by atoms with E-state index in [1.807, 2.05) is 0 Å². The van der Waals surface area contributed by atoms with Crippen LogP contribution in [0.4, 0.5) is 8.78 Å². The van der Waals surface area contributed by atoms with Crippen LogP contribution < -0.4 is 0 Å². The van der Waals surface area contributed by atoms with E-state index in [-0.39, 0.29) is 35.1 Å². The molecule has 0 aliphatic carbocycles. The molecule has 0 atom stereocenters. The van der Waals surface area contributed by atoms with Crippen molar-refractivity contribution in [1.29, 1.82) is 0 Å². The Morgan fingerprint density at radius 2 is 1.50 bits per heavy atom. The molecule has 1 heterocycles. The van der Waals surface area contributed by atoms with Gasteiger partial charge in [-0.3, -0.25) is 9.59 Å². The van der Waals surface area contributed by atoms with Gasteiger partial charge in [-0.1, -0.05) is 17.7 Å². The zero-order chi connectivity index (χ0) is 18.8. The third-order valence-corrected chi connectivity index (χ3v) is 4.67. The fourth-order valence-corrected chi connectivity index (χ4v) is 3.01. The van der Waals surface area contributed by atoms with Gasteiger partial charge >= 0.3 is 0 Å². The van der Waals surface area contributed by atoms with Crippen molar-refractivity contribution in [3.8, 4) is 0 Å². The second-order valence-corrected chi connectivity index (χ2v) is 6.61. The SMILES string of the molecule is Cc1ccc(C(=O)N2CCN(C(=O)c3ccc(Cl)cc3F)CC2)cc1F. The molecule has 0 saturated carbocycles. The third-order valence-electron chi connectivity index (χ3n) is 4.43. The summed E-state index contributed by atoms with van der Waals surface area (Å²) in [5, 5.41) is 0.222. The third kappa shape index (κ3) is 3.70. The number of hydrogen-bond acceptors (Lipinski definition) is 2. The van der Waals surface area contributed by atoms with Crippen LogP contribution >= 0.6 is 11.6 Å². The fourth-order valence-electron chi connectivity index (χ4n) is 2.85. The van der Waals surface area contributed by atoms with Gasteiger partial charge in [0.25, 0.3) is 11.8 Å². The normalized spacial score (nSPS) is 14.5. The van der Waals surface area contributed by atoms with Crippen LogP contribution in [0.15, 0.2) is 36.4 Å². The molecule has 0 aromatic heterocycles. The second kappa shape index (κ2) is 7.41. The smallest absolute Gasteiger partial charge is 0.256 e. The van der Waals surface area contributed by atoms with Gasteiger partial charge in [-0.2, -0.15) is 0 Å². The van der Waals surface area contributed by atoms with Crippen LogP contribution in [0.5, 0.6) is 0 Å². The standard InChI is InChI=1S/C19H17ClF2N2O2/c1-12-2-3-13(10-16(12)21)18(25)23-6-8-24(9-7-23)19(26)15-5-4-14(20)11-17(15)22/h2-5,10-11H,6-9H2,1H3. The molecule has 2 aromatic rings. The maximum atomic E-state index is 13.9. The molecule has 1 aliphatic rings. The summed E-state index contributed by atoms with van der Waals surface area (Å²) >= 11 is 5.70. The molecule has 2 amide bonds. The molecule has 0 bridgehead atoms.